The number of aliphatic carboxylic acids is 2. The molecule has 2 aromatic carbocycles. The first-order valence-electron chi connectivity index (χ1n) is 7.93. The second kappa shape index (κ2) is 10.2. The zero-order valence-corrected chi connectivity index (χ0v) is 14.1. The highest BCUT2D eigenvalue weighted by Crippen LogP contribution is 2.23. The fourth-order valence-electron chi connectivity index (χ4n) is 2.31. The van der Waals surface area contributed by atoms with E-state index in [-0.39, 0.29) is 12.3 Å². The van der Waals surface area contributed by atoms with E-state index < -0.39 is 11.9 Å². The SMILES string of the molecule is CC(C)CC(C(=O)O)c1ccccc1.O=C(O)Cc1ccccc1. The molecular weight excluding hydrogens is 304 g/mol. The standard InChI is InChI=1S/C12H16O2.C8H8O2/c1-9(2)8-11(12(13)14)10-6-4-3-5-7-10;9-8(10)6-7-4-2-1-3-5-7/h3-7,9,11H,8H2,1-2H3,(H,13,14);1-5H,6H2,(H,9,10). The monoisotopic (exact) mass is 328 g/mol. The van der Waals surface area contributed by atoms with Crippen LogP contribution in [0.3, 0.4) is 0 Å². The van der Waals surface area contributed by atoms with Gasteiger partial charge in [0.25, 0.3) is 0 Å². The third-order valence-electron chi connectivity index (χ3n) is 3.41. The van der Waals surface area contributed by atoms with Crippen molar-refractivity contribution in [1.82, 2.24) is 0 Å². The van der Waals surface area contributed by atoms with Gasteiger partial charge in [-0.3, -0.25) is 9.59 Å². The summed E-state index contributed by atoms with van der Waals surface area (Å²) in [6.07, 6.45) is 0.806. The molecule has 24 heavy (non-hydrogen) atoms. The maximum atomic E-state index is 11.0. The Kier molecular flexibility index (Phi) is 8.26. The van der Waals surface area contributed by atoms with Crippen LogP contribution in [0, 0.1) is 5.92 Å². The summed E-state index contributed by atoms with van der Waals surface area (Å²) in [6.45, 7) is 4.08. The number of hydrogen-bond donors (Lipinski definition) is 2. The Morgan fingerprint density at radius 2 is 1.38 bits per heavy atom. The fraction of sp³-hybridized carbons (Fsp3) is 0.300. The number of hydrogen-bond acceptors (Lipinski definition) is 2. The lowest BCUT2D eigenvalue weighted by Gasteiger charge is -2.14. The summed E-state index contributed by atoms with van der Waals surface area (Å²) in [5, 5.41) is 17.4. The maximum absolute atomic E-state index is 11.0. The van der Waals surface area contributed by atoms with Crippen molar-refractivity contribution in [2.75, 3.05) is 0 Å². The molecule has 4 heteroatoms. The molecule has 0 aromatic heterocycles. The predicted molar refractivity (Wildman–Crippen MR) is 94.1 cm³/mol. The lowest BCUT2D eigenvalue weighted by Crippen LogP contribution is -2.13. The van der Waals surface area contributed by atoms with Crippen LogP contribution in [0.25, 0.3) is 0 Å². The molecular formula is C20H24O4. The number of benzene rings is 2. The molecule has 0 bridgehead atoms. The molecule has 4 nitrogen and oxygen atoms in total. The summed E-state index contributed by atoms with van der Waals surface area (Å²) in [6, 6.07) is 18.5. The van der Waals surface area contributed by atoms with Crippen LogP contribution < -0.4 is 0 Å². The molecule has 2 aromatic rings. The van der Waals surface area contributed by atoms with Crippen LogP contribution in [0.2, 0.25) is 0 Å². The summed E-state index contributed by atoms with van der Waals surface area (Å²) >= 11 is 0. The molecule has 0 spiro atoms. The van der Waals surface area contributed by atoms with E-state index in [1.54, 1.807) is 12.1 Å². The van der Waals surface area contributed by atoms with Crippen LogP contribution >= 0.6 is 0 Å². The van der Waals surface area contributed by atoms with Crippen LogP contribution in [0.5, 0.6) is 0 Å². The Hall–Kier alpha value is -2.62. The molecule has 0 aliphatic carbocycles. The summed E-state index contributed by atoms with van der Waals surface area (Å²) in [7, 11) is 0. The zero-order valence-electron chi connectivity index (χ0n) is 14.1. The van der Waals surface area contributed by atoms with Gasteiger partial charge in [-0.05, 0) is 23.5 Å². The lowest BCUT2D eigenvalue weighted by molar-refractivity contribution is -0.139. The first-order valence-corrected chi connectivity index (χ1v) is 7.93. The molecule has 0 fully saturated rings. The van der Waals surface area contributed by atoms with E-state index in [9.17, 15) is 9.59 Å². The minimum atomic E-state index is -0.786. The minimum absolute atomic E-state index is 0.112. The second-order valence-electron chi connectivity index (χ2n) is 5.99. The average Bonchev–Trinajstić information content (AvgIpc) is 2.54. The van der Waals surface area contributed by atoms with Gasteiger partial charge in [-0.1, -0.05) is 74.5 Å². The molecule has 1 atom stereocenters. The molecule has 0 saturated heterocycles. The largest absolute Gasteiger partial charge is 0.481 e. The van der Waals surface area contributed by atoms with Crippen molar-refractivity contribution in [2.24, 2.45) is 5.92 Å². The Labute approximate surface area is 142 Å². The Bertz CT molecular complexity index is 621. The van der Waals surface area contributed by atoms with Crippen LogP contribution in [-0.2, 0) is 16.0 Å². The highest BCUT2D eigenvalue weighted by molar-refractivity contribution is 5.76. The van der Waals surface area contributed by atoms with Crippen molar-refractivity contribution < 1.29 is 19.8 Å². The molecule has 2 rings (SSSR count). The molecule has 0 saturated carbocycles. The third kappa shape index (κ3) is 7.58. The van der Waals surface area contributed by atoms with Gasteiger partial charge in [-0.15, -0.1) is 0 Å². The third-order valence-corrected chi connectivity index (χ3v) is 3.41. The van der Waals surface area contributed by atoms with Crippen LogP contribution in [0.1, 0.15) is 37.3 Å². The number of rotatable bonds is 6. The number of carboxylic acids is 2. The minimum Gasteiger partial charge on any atom is -0.481 e. The Morgan fingerprint density at radius 1 is 0.875 bits per heavy atom. The predicted octanol–water partition coefficient (Wildman–Crippen LogP) is 4.21. The van der Waals surface area contributed by atoms with Crippen LogP contribution in [-0.4, -0.2) is 22.2 Å². The Balaban J connectivity index is 0.000000254. The van der Waals surface area contributed by atoms with Gasteiger partial charge in [-0.2, -0.15) is 0 Å². The Morgan fingerprint density at radius 3 is 1.79 bits per heavy atom. The smallest absolute Gasteiger partial charge is 0.310 e. The molecule has 0 aliphatic rings. The van der Waals surface area contributed by atoms with Gasteiger partial charge < -0.3 is 10.2 Å². The van der Waals surface area contributed by atoms with E-state index in [1.165, 1.54) is 0 Å². The van der Waals surface area contributed by atoms with Crippen molar-refractivity contribution in [3.63, 3.8) is 0 Å². The zero-order chi connectivity index (χ0) is 17.9. The molecule has 0 radical (unpaired) electrons. The van der Waals surface area contributed by atoms with Crippen molar-refractivity contribution in [3.8, 4) is 0 Å². The summed E-state index contributed by atoms with van der Waals surface area (Å²) in [5.74, 6) is -1.48. The van der Waals surface area contributed by atoms with Gasteiger partial charge in [0.15, 0.2) is 0 Å². The highest BCUT2D eigenvalue weighted by atomic mass is 16.4. The average molecular weight is 328 g/mol. The number of carbonyl (C=O) groups is 2. The van der Waals surface area contributed by atoms with E-state index in [2.05, 4.69) is 0 Å². The molecule has 128 valence electrons. The highest BCUT2D eigenvalue weighted by Gasteiger charge is 2.20. The molecule has 0 heterocycles. The topological polar surface area (TPSA) is 74.6 Å². The quantitative estimate of drug-likeness (QED) is 0.833. The molecule has 0 aliphatic heterocycles. The normalized spacial score (nSPS) is 11.3. The molecule has 2 N–H and O–H groups in total. The number of carboxylic acid groups (broad SMARTS) is 2. The summed E-state index contributed by atoms with van der Waals surface area (Å²) < 4.78 is 0. The van der Waals surface area contributed by atoms with Gasteiger partial charge in [0.2, 0.25) is 0 Å². The van der Waals surface area contributed by atoms with Gasteiger partial charge in [0, 0.05) is 0 Å². The fourth-order valence-corrected chi connectivity index (χ4v) is 2.31. The van der Waals surface area contributed by atoms with E-state index >= 15 is 0 Å². The van der Waals surface area contributed by atoms with E-state index in [0.29, 0.717) is 12.3 Å². The van der Waals surface area contributed by atoms with Crippen molar-refractivity contribution in [1.29, 1.82) is 0 Å². The summed E-state index contributed by atoms with van der Waals surface area (Å²) in [5.41, 5.74) is 1.74. The second-order valence-corrected chi connectivity index (χ2v) is 5.99. The van der Waals surface area contributed by atoms with Crippen molar-refractivity contribution in [3.05, 3.63) is 71.8 Å². The van der Waals surface area contributed by atoms with Gasteiger partial charge in [-0.25, -0.2) is 0 Å². The van der Waals surface area contributed by atoms with E-state index in [1.807, 2.05) is 62.4 Å². The van der Waals surface area contributed by atoms with E-state index in [0.717, 1.165) is 11.1 Å². The lowest BCUT2D eigenvalue weighted by atomic mass is 9.90. The molecule has 0 amide bonds. The summed E-state index contributed by atoms with van der Waals surface area (Å²) in [4.78, 5) is 21.2. The van der Waals surface area contributed by atoms with Gasteiger partial charge in [0.1, 0.15) is 0 Å². The van der Waals surface area contributed by atoms with E-state index in [4.69, 9.17) is 10.2 Å². The van der Waals surface area contributed by atoms with Gasteiger partial charge >= 0.3 is 11.9 Å². The first kappa shape index (κ1) is 19.4. The van der Waals surface area contributed by atoms with Crippen molar-refractivity contribution in [2.45, 2.75) is 32.6 Å². The molecule has 1 unspecified atom stereocenters. The maximum Gasteiger partial charge on any atom is 0.310 e. The van der Waals surface area contributed by atoms with Crippen molar-refractivity contribution >= 4 is 11.9 Å². The van der Waals surface area contributed by atoms with Crippen LogP contribution in [0.15, 0.2) is 60.7 Å². The van der Waals surface area contributed by atoms with Gasteiger partial charge in [0.05, 0.1) is 12.3 Å². The first-order chi connectivity index (χ1) is 11.4. The van der Waals surface area contributed by atoms with Crippen LogP contribution in [0.4, 0.5) is 0 Å².